The zero-order valence-corrected chi connectivity index (χ0v) is 26.7. The van der Waals surface area contributed by atoms with Gasteiger partial charge in [0.1, 0.15) is 17.4 Å². The topological polar surface area (TPSA) is 91.3 Å². The summed E-state index contributed by atoms with van der Waals surface area (Å²) in [4.78, 5) is 42.7. The maximum Gasteiger partial charge on any atom is 0.331 e. The molecule has 7 nitrogen and oxygen atoms in total. The van der Waals surface area contributed by atoms with Crippen molar-refractivity contribution in [2.45, 2.75) is 125 Å². The molecule has 7 heteroatoms. The Morgan fingerprint density at radius 1 is 0.854 bits per heavy atom. The van der Waals surface area contributed by atoms with Gasteiger partial charge in [-0.05, 0) is 104 Å². The Balaban J connectivity index is 1.38. The van der Waals surface area contributed by atoms with E-state index in [1.807, 2.05) is 6.92 Å². The molecule has 5 aliphatic carbocycles. The summed E-state index contributed by atoms with van der Waals surface area (Å²) in [5.41, 5.74) is -0.566. The molecule has 7 rings (SSSR count). The summed E-state index contributed by atoms with van der Waals surface area (Å²) in [7, 11) is 0. The Morgan fingerprint density at radius 2 is 1.56 bits per heavy atom. The van der Waals surface area contributed by atoms with Crippen molar-refractivity contribution in [2.75, 3.05) is 6.61 Å². The number of ether oxygens (including phenoxy) is 2. The van der Waals surface area contributed by atoms with Gasteiger partial charge in [0.15, 0.2) is 0 Å². The maximum atomic E-state index is 13.8. The first-order valence-corrected chi connectivity index (χ1v) is 16.1. The van der Waals surface area contributed by atoms with E-state index in [9.17, 15) is 14.4 Å². The highest BCUT2D eigenvalue weighted by molar-refractivity contribution is 6.45. The molecule has 1 spiro atoms. The second kappa shape index (κ2) is 8.89. The van der Waals surface area contributed by atoms with Gasteiger partial charge in [-0.1, -0.05) is 46.7 Å². The van der Waals surface area contributed by atoms with E-state index in [0.717, 1.165) is 38.5 Å². The monoisotopic (exact) mass is 569 g/mol. The zero-order chi connectivity index (χ0) is 30.0. The van der Waals surface area contributed by atoms with Crippen LogP contribution in [0.3, 0.4) is 0 Å². The second-order valence-corrected chi connectivity index (χ2v) is 16.3. The fraction of sp³-hybridized carbons (Fsp3) is 0.882. The van der Waals surface area contributed by atoms with Crippen LogP contribution < -0.4 is 0 Å². The molecule has 0 aromatic heterocycles. The van der Waals surface area contributed by atoms with Crippen LogP contribution in [0.15, 0.2) is 5.16 Å². The van der Waals surface area contributed by atoms with Gasteiger partial charge < -0.3 is 14.3 Å². The van der Waals surface area contributed by atoms with Crippen molar-refractivity contribution in [3.8, 4) is 0 Å². The number of Topliss-reactive ketones (excluding diaryl/α,β-unsaturated/α-hetero) is 1. The Bertz CT molecular complexity index is 1210. The van der Waals surface area contributed by atoms with Crippen LogP contribution in [-0.2, 0) is 28.7 Å². The van der Waals surface area contributed by atoms with Crippen LogP contribution in [0.25, 0.3) is 0 Å². The third-order valence-electron chi connectivity index (χ3n) is 14.8. The predicted molar refractivity (Wildman–Crippen MR) is 155 cm³/mol. The Labute approximate surface area is 245 Å². The summed E-state index contributed by atoms with van der Waals surface area (Å²) >= 11 is 0. The van der Waals surface area contributed by atoms with E-state index < -0.39 is 17.0 Å². The molecule has 2 saturated heterocycles. The molecule has 11 atom stereocenters. The summed E-state index contributed by atoms with van der Waals surface area (Å²) in [5.74, 6) is 1.11. The minimum absolute atomic E-state index is 0.0178. The minimum Gasteiger partial charge on any atom is -0.462 e. The molecular formula is C34H51NO6. The summed E-state index contributed by atoms with van der Waals surface area (Å²) in [5, 5.41) is 4.27. The fourth-order valence-corrected chi connectivity index (χ4v) is 12.5. The van der Waals surface area contributed by atoms with Crippen LogP contribution in [0.2, 0.25) is 0 Å². The Kier molecular flexibility index (Phi) is 6.36. The molecule has 2 heterocycles. The van der Waals surface area contributed by atoms with Gasteiger partial charge in [0.2, 0.25) is 5.78 Å². The number of nitrogens with zero attached hydrogens (tertiary/aromatic N) is 1. The molecule has 0 radical (unpaired) electrons. The molecule has 2 bridgehead atoms. The van der Waals surface area contributed by atoms with Crippen molar-refractivity contribution in [3.05, 3.63) is 0 Å². The molecule has 7 fully saturated rings. The molecule has 0 N–H and O–H groups in total. The van der Waals surface area contributed by atoms with E-state index >= 15 is 0 Å². The third-order valence-corrected chi connectivity index (χ3v) is 14.8. The van der Waals surface area contributed by atoms with Crippen molar-refractivity contribution in [1.29, 1.82) is 0 Å². The quantitative estimate of drug-likeness (QED) is 0.214. The van der Waals surface area contributed by atoms with E-state index in [1.165, 1.54) is 19.8 Å². The first-order valence-electron chi connectivity index (χ1n) is 16.1. The zero-order valence-electron chi connectivity index (χ0n) is 26.7. The summed E-state index contributed by atoms with van der Waals surface area (Å²) in [6, 6.07) is 0. The van der Waals surface area contributed by atoms with Crippen molar-refractivity contribution < 1.29 is 28.7 Å². The molecule has 0 aromatic carbocycles. The smallest absolute Gasteiger partial charge is 0.331 e. The van der Waals surface area contributed by atoms with E-state index in [-0.39, 0.29) is 51.4 Å². The van der Waals surface area contributed by atoms with Gasteiger partial charge in [0, 0.05) is 24.7 Å². The molecule has 228 valence electrons. The van der Waals surface area contributed by atoms with Gasteiger partial charge in [-0.3, -0.25) is 9.59 Å². The van der Waals surface area contributed by atoms with Crippen molar-refractivity contribution in [3.63, 3.8) is 0 Å². The van der Waals surface area contributed by atoms with Gasteiger partial charge >= 0.3 is 11.9 Å². The number of esters is 1. The van der Waals surface area contributed by atoms with Gasteiger partial charge in [-0.25, -0.2) is 4.79 Å². The molecule has 0 aromatic rings. The Hall–Kier alpha value is -1.76. The minimum atomic E-state index is -0.940. The lowest BCUT2D eigenvalue weighted by Gasteiger charge is -2.75. The van der Waals surface area contributed by atoms with Crippen LogP contribution in [0.5, 0.6) is 0 Å². The molecule has 41 heavy (non-hydrogen) atoms. The number of hydrogen-bond donors (Lipinski definition) is 0. The summed E-state index contributed by atoms with van der Waals surface area (Å²) in [6.45, 7) is 19.9. The number of ketones is 1. The second-order valence-electron chi connectivity index (χ2n) is 16.3. The third kappa shape index (κ3) is 3.53. The van der Waals surface area contributed by atoms with Crippen LogP contribution in [0.4, 0.5) is 0 Å². The highest BCUT2D eigenvalue weighted by Gasteiger charge is 2.75. The molecule has 2 aliphatic heterocycles. The molecule has 0 unspecified atom stereocenters. The van der Waals surface area contributed by atoms with E-state index in [2.05, 4.69) is 46.7 Å². The number of hydrogen-bond acceptors (Lipinski definition) is 7. The molecule has 7 aliphatic rings. The lowest BCUT2D eigenvalue weighted by Crippen LogP contribution is -2.76. The van der Waals surface area contributed by atoms with Gasteiger partial charge in [-0.15, -0.1) is 0 Å². The number of rotatable bonds is 2. The van der Waals surface area contributed by atoms with Crippen molar-refractivity contribution in [1.82, 2.24) is 0 Å². The normalized spacial score (nSPS) is 52.5. The van der Waals surface area contributed by atoms with Crippen molar-refractivity contribution in [2.24, 2.45) is 61.8 Å². The van der Waals surface area contributed by atoms with Gasteiger partial charge in [0.25, 0.3) is 0 Å². The fourth-order valence-electron chi connectivity index (χ4n) is 12.5. The number of fused-ring (bicyclic) bond motifs is 7. The van der Waals surface area contributed by atoms with Gasteiger partial charge in [0.05, 0.1) is 6.61 Å². The average Bonchev–Trinajstić information content (AvgIpc) is 2.87. The van der Waals surface area contributed by atoms with Crippen LogP contribution in [0.1, 0.15) is 114 Å². The van der Waals surface area contributed by atoms with Gasteiger partial charge in [-0.2, -0.15) is 0 Å². The van der Waals surface area contributed by atoms with E-state index in [1.54, 1.807) is 6.92 Å². The molecular weight excluding hydrogens is 518 g/mol. The van der Waals surface area contributed by atoms with Crippen molar-refractivity contribution >= 4 is 23.4 Å². The predicted octanol–water partition coefficient (Wildman–Crippen LogP) is 6.52. The molecule has 5 saturated carbocycles. The van der Waals surface area contributed by atoms with E-state index in [0.29, 0.717) is 30.1 Å². The first kappa shape index (κ1) is 29.3. The first-order chi connectivity index (χ1) is 19.0. The highest BCUT2D eigenvalue weighted by Crippen LogP contribution is 2.77. The van der Waals surface area contributed by atoms with Crippen LogP contribution in [0, 0.1) is 56.7 Å². The SMILES string of the molecule is CC(=O)O/N=C1/C(=O)[C@@]2(C)OC[C@@]13CC[C@]1(C)[C@@H](CC[C@@H]4[C@]5(C)CC[C@H](OC(C)=O)C(C)(C)[C@@H]5CC[C@@]41C)[C@@H]3[C@H]2C. The maximum absolute atomic E-state index is 13.8. The number of carbonyl (C=O) groups excluding carboxylic acids is 3. The summed E-state index contributed by atoms with van der Waals surface area (Å²) < 4.78 is 12.3. The lowest BCUT2D eigenvalue weighted by atomic mass is 9.30. The standard InChI is InChI=1S/C34H51NO6/c1-19-26-22-10-11-24-30(6)14-13-25(40-20(2)36)29(4,5)23(30)12-15-32(24,8)31(22,7)16-17-34(26)18-39-33(19,9)28(38)27(34)35-41-21(3)37/h19,22-26H,10-18H2,1-9H3/b35-27-/t19-,22+,23+,24-,25+,26+,30-,31-,32+,33+,34-/m1/s1. The number of oxime groups is 1. The molecule has 0 amide bonds. The number of carbonyl (C=O) groups is 3. The van der Waals surface area contributed by atoms with Crippen LogP contribution >= 0.6 is 0 Å². The van der Waals surface area contributed by atoms with E-state index in [4.69, 9.17) is 14.3 Å². The largest absolute Gasteiger partial charge is 0.462 e. The lowest BCUT2D eigenvalue weighted by molar-refractivity contribution is -0.276. The average molecular weight is 570 g/mol. The van der Waals surface area contributed by atoms with Crippen LogP contribution in [-0.4, -0.2) is 41.7 Å². The summed E-state index contributed by atoms with van der Waals surface area (Å²) in [6.07, 6.45) is 8.51. The highest BCUT2D eigenvalue weighted by atomic mass is 16.7. The Morgan fingerprint density at radius 3 is 2.22 bits per heavy atom.